The number of rotatable bonds is 4. The Hall–Kier alpha value is -1.91. The van der Waals surface area contributed by atoms with E-state index < -0.39 is 0 Å². The maximum absolute atomic E-state index is 5.96. The molecule has 2 aromatic heterocycles. The maximum atomic E-state index is 5.96. The number of benzene rings is 1. The average Bonchev–Trinajstić information content (AvgIpc) is 2.91. The smallest absolute Gasteiger partial charge is 0.161 e. The fourth-order valence-corrected chi connectivity index (χ4v) is 2.43. The van der Waals surface area contributed by atoms with E-state index in [0.717, 1.165) is 17.7 Å². The summed E-state index contributed by atoms with van der Waals surface area (Å²) in [6, 6.07) is 8.67. The summed E-state index contributed by atoms with van der Waals surface area (Å²) in [5, 5.41) is 10.5. The monoisotopic (exact) mass is 300 g/mol. The van der Waals surface area contributed by atoms with Crippen LogP contribution < -0.4 is 5.32 Å². The molecule has 0 unspecified atom stereocenters. The van der Waals surface area contributed by atoms with Crippen LogP contribution in [0.4, 0.5) is 0 Å². The van der Waals surface area contributed by atoms with Crippen LogP contribution >= 0.6 is 11.6 Å². The van der Waals surface area contributed by atoms with Crippen molar-refractivity contribution in [2.45, 2.75) is 26.4 Å². The van der Waals surface area contributed by atoms with Gasteiger partial charge in [0.2, 0.25) is 0 Å². The summed E-state index contributed by atoms with van der Waals surface area (Å²) in [6.07, 6.45) is 5.29. The highest BCUT2D eigenvalue weighted by Gasteiger charge is 2.10. The first kappa shape index (κ1) is 14.0. The van der Waals surface area contributed by atoms with Crippen LogP contribution in [0.1, 0.15) is 19.4 Å². The molecule has 0 bridgehead atoms. The van der Waals surface area contributed by atoms with Crippen LogP contribution in [-0.4, -0.2) is 20.8 Å². The van der Waals surface area contributed by atoms with Gasteiger partial charge in [0, 0.05) is 24.2 Å². The second kappa shape index (κ2) is 5.84. The van der Waals surface area contributed by atoms with Crippen LogP contribution in [0.2, 0.25) is 5.02 Å². The highest BCUT2D eigenvalue weighted by molar-refractivity contribution is 6.30. The quantitative estimate of drug-likeness (QED) is 0.801. The number of nitrogens with one attached hydrogen (secondary N) is 1. The van der Waals surface area contributed by atoms with E-state index in [-0.39, 0.29) is 0 Å². The van der Waals surface area contributed by atoms with Crippen LogP contribution in [0.3, 0.4) is 0 Å². The molecular formula is C16H17ClN4. The van der Waals surface area contributed by atoms with Gasteiger partial charge in [-0.3, -0.25) is 0 Å². The summed E-state index contributed by atoms with van der Waals surface area (Å²) < 4.78 is 1.71. The Kier molecular flexibility index (Phi) is 3.90. The number of aromatic nitrogens is 3. The first-order valence-electron chi connectivity index (χ1n) is 6.95. The predicted octanol–water partition coefficient (Wildman–Crippen LogP) is 3.57. The largest absolute Gasteiger partial charge is 0.310 e. The first-order valence-corrected chi connectivity index (χ1v) is 7.33. The normalized spacial score (nSPS) is 11.4. The van der Waals surface area contributed by atoms with E-state index in [1.165, 1.54) is 10.9 Å². The van der Waals surface area contributed by atoms with Gasteiger partial charge in [0.05, 0.1) is 17.4 Å². The molecule has 1 aromatic carbocycles. The zero-order valence-corrected chi connectivity index (χ0v) is 12.8. The van der Waals surface area contributed by atoms with Gasteiger partial charge in [-0.15, -0.1) is 0 Å². The Morgan fingerprint density at radius 2 is 1.95 bits per heavy atom. The number of pyridine rings is 1. The standard InChI is InChI=1S/C16H17ClN4/c1-11(2)18-7-12-8-19-16(21-10-13(17)9-20-21)15-6-4-3-5-14(12)15/h3-6,8-11,18H,7H2,1-2H3. The van der Waals surface area contributed by atoms with Gasteiger partial charge in [-0.2, -0.15) is 5.10 Å². The molecule has 0 radical (unpaired) electrons. The fraction of sp³-hybridized carbons (Fsp3) is 0.250. The molecule has 3 rings (SSSR count). The average molecular weight is 301 g/mol. The molecule has 5 heteroatoms. The highest BCUT2D eigenvalue weighted by Crippen LogP contribution is 2.24. The van der Waals surface area contributed by atoms with Crippen molar-refractivity contribution in [3.63, 3.8) is 0 Å². The van der Waals surface area contributed by atoms with Crippen molar-refractivity contribution < 1.29 is 0 Å². The molecule has 0 atom stereocenters. The second-order valence-corrected chi connectivity index (χ2v) is 5.73. The van der Waals surface area contributed by atoms with Crippen molar-refractivity contribution in [3.8, 4) is 5.82 Å². The van der Waals surface area contributed by atoms with E-state index in [2.05, 4.69) is 41.4 Å². The van der Waals surface area contributed by atoms with Gasteiger partial charge in [-0.25, -0.2) is 9.67 Å². The molecule has 3 aromatic rings. The van der Waals surface area contributed by atoms with Gasteiger partial charge in [0.15, 0.2) is 5.82 Å². The number of hydrogen-bond donors (Lipinski definition) is 1. The minimum absolute atomic E-state index is 0.438. The van der Waals surface area contributed by atoms with Crippen molar-refractivity contribution in [1.82, 2.24) is 20.1 Å². The lowest BCUT2D eigenvalue weighted by atomic mass is 10.1. The van der Waals surface area contributed by atoms with E-state index in [1.807, 2.05) is 18.3 Å². The van der Waals surface area contributed by atoms with Gasteiger partial charge >= 0.3 is 0 Å². The topological polar surface area (TPSA) is 42.7 Å². The minimum Gasteiger partial charge on any atom is -0.310 e. The highest BCUT2D eigenvalue weighted by atomic mass is 35.5. The molecule has 0 aliphatic rings. The third-order valence-electron chi connectivity index (χ3n) is 3.33. The van der Waals surface area contributed by atoms with Crippen LogP contribution in [0.15, 0.2) is 42.9 Å². The van der Waals surface area contributed by atoms with Gasteiger partial charge in [-0.1, -0.05) is 49.7 Å². The van der Waals surface area contributed by atoms with Crippen molar-refractivity contribution in [2.24, 2.45) is 0 Å². The van der Waals surface area contributed by atoms with Crippen LogP contribution in [0.25, 0.3) is 16.6 Å². The molecule has 0 saturated carbocycles. The molecule has 0 aliphatic carbocycles. The lowest BCUT2D eigenvalue weighted by Gasteiger charge is -2.12. The predicted molar refractivity (Wildman–Crippen MR) is 85.9 cm³/mol. The summed E-state index contributed by atoms with van der Waals surface area (Å²) in [5.41, 5.74) is 1.18. The summed E-state index contributed by atoms with van der Waals surface area (Å²) in [4.78, 5) is 4.57. The van der Waals surface area contributed by atoms with Gasteiger partial charge in [0.1, 0.15) is 0 Å². The summed E-state index contributed by atoms with van der Waals surface area (Å²) >= 11 is 5.96. The van der Waals surface area contributed by atoms with E-state index in [4.69, 9.17) is 11.6 Å². The Balaban J connectivity index is 2.10. The zero-order valence-electron chi connectivity index (χ0n) is 12.0. The number of halogens is 1. The minimum atomic E-state index is 0.438. The molecular weight excluding hydrogens is 284 g/mol. The van der Waals surface area contributed by atoms with E-state index in [0.29, 0.717) is 11.1 Å². The van der Waals surface area contributed by atoms with Gasteiger partial charge in [-0.05, 0) is 10.9 Å². The molecule has 21 heavy (non-hydrogen) atoms. The van der Waals surface area contributed by atoms with Crippen LogP contribution in [0, 0.1) is 0 Å². The number of hydrogen-bond acceptors (Lipinski definition) is 3. The number of nitrogens with zero attached hydrogens (tertiary/aromatic N) is 3. The second-order valence-electron chi connectivity index (χ2n) is 5.29. The molecule has 0 aliphatic heterocycles. The van der Waals surface area contributed by atoms with Crippen LogP contribution in [-0.2, 0) is 6.54 Å². The molecule has 4 nitrogen and oxygen atoms in total. The van der Waals surface area contributed by atoms with Gasteiger partial charge in [0.25, 0.3) is 0 Å². The van der Waals surface area contributed by atoms with E-state index in [9.17, 15) is 0 Å². The molecule has 1 N–H and O–H groups in total. The SMILES string of the molecule is CC(C)NCc1cnc(-n2cc(Cl)cn2)c2ccccc12. The van der Waals surface area contributed by atoms with Gasteiger partial charge < -0.3 is 5.32 Å². The molecule has 2 heterocycles. The van der Waals surface area contributed by atoms with Crippen molar-refractivity contribution in [2.75, 3.05) is 0 Å². The Bertz CT molecular complexity index is 764. The Labute approximate surface area is 128 Å². The zero-order chi connectivity index (χ0) is 14.8. The third-order valence-corrected chi connectivity index (χ3v) is 3.52. The lowest BCUT2D eigenvalue weighted by molar-refractivity contribution is 0.590. The Morgan fingerprint density at radius 1 is 1.19 bits per heavy atom. The fourth-order valence-electron chi connectivity index (χ4n) is 2.29. The molecule has 0 saturated heterocycles. The first-order chi connectivity index (χ1) is 10.1. The van der Waals surface area contributed by atoms with Crippen molar-refractivity contribution in [3.05, 3.63) is 53.4 Å². The lowest BCUT2D eigenvalue weighted by Crippen LogP contribution is -2.22. The maximum Gasteiger partial charge on any atom is 0.161 e. The third kappa shape index (κ3) is 2.91. The van der Waals surface area contributed by atoms with Crippen LogP contribution in [0.5, 0.6) is 0 Å². The van der Waals surface area contributed by atoms with Crippen molar-refractivity contribution in [1.29, 1.82) is 0 Å². The molecule has 108 valence electrons. The molecule has 0 spiro atoms. The Morgan fingerprint density at radius 3 is 2.62 bits per heavy atom. The molecule has 0 amide bonds. The number of fused-ring (bicyclic) bond motifs is 1. The summed E-state index contributed by atoms with van der Waals surface area (Å²) in [7, 11) is 0. The molecule has 0 fully saturated rings. The summed E-state index contributed by atoms with van der Waals surface area (Å²) in [6.45, 7) is 5.07. The van der Waals surface area contributed by atoms with Crippen molar-refractivity contribution >= 4 is 22.4 Å². The van der Waals surface area contributed by atoms with E-state index in [1.54, 1.807) is 17.1 Å². The van der Waals surface area contributed by atoms with E-state index >= 15 is 0 Å². The summed E-state index contributed by atoms with van der Waals surface area (Å²) in [5.74, 6) is 0.797.